The van der Waals surface area contributed by atoms with Crippen molar-refractivity contribution in [2.75, 3.05) is 25.1 Å². The molecule has 0 radical (unpaired) electrons. The van der Waals surface area contributed by atoms with Crippen LogP contribution < -0.4 is 11.1 Å². The van der Waals surface area contributed by atoms with Crippen LogP contribution in [0.1, 0.15) is 0 Å². The van der Waals surface area contributed by atoms with E-state index in [2.05, 4.69) is 20.3 Å². The van der Waals surface area contributed by atoms with Gasteiger partial charge in [-0.1, -0.05) is 0 Å². The van der Waals surface area contributed by atoms with Gasteiger partial charge in [0.05, 0.1) is 19.3 Å². The molecule has 4 heterocycles. The van der Waals surface area contributed by atoms with E-state index in [1.807, 2.05) is 0 Å². The molecule has 1 amide bonds. The number of hydrogen-bond donors (Lipinski definition) is 5. The second-order valence-electron chi connectivity index (χ2n) is 6.18. The van der Waals surface area contributed by atoms with Crippen molar-refractivity contribution in [3.05, 3.63) is 12.7 Å². The zero-order valence-electron chi connectivity index (χ0n) is 13.5. The van der Waals surface area contributed by atoms with Gasteiger partial charge >= 0.3 is 0 Å². The van der Waals surface area contributed by atoms with E-state index in [1.165, 1.54) is 12.7 Å². The van der Waals surface area contributed by atoms with Gasteiger partial charge in [0.15, 0.2) is 17.0 Å². The number of amides is 1. The van der Waals surface area contributed by atoms with Crippen LogP contribution in [0.25, 0.3) is 11.2 Å². The Morgan fingerprint density at radius 3 is 2.81 bits per heavy atom. The average molecular weight is 366 g/mol. The SMILES string of the molecule is NC(=O)[C@@]1(n2cnc3c(NCC4CO4)ncnc32)O[C@H](CO)[C@@H](O)[C@H]1O. The van der Waals surface area contributed by atoms with Gasteiger partial charge in [-0.15, -0.1) is 0 Å². The zero-order valence-corrected chi connectivity index (χ0v) is 13.5. The molecule has 0 spiro atoms. The second kappa shape index (κ2) is 6.10. The summed E-state index contributed by atoms with van der Waals surface area (Å²) in [4.78, 5) is 24.6. The Bertz CT molecular complexity index is 840. The maximum Gasteiger partial charge on any atom is 0.274 e. The molecular weight excluding hydrogens is 348 g/mol. The topological polar surface area (TPSA) is 181 Å². The van der Waals surface area contributed by atoms with E-state index in [0.29, 0.717) is 24.5 Å². The van der Waals surface area contributed by atoms with Gasteiger partial charge in [0, 0.05) is 6.54 Å². The van der Waals surface area contributed by atoms with Crippen LogP contribution in [0.15, 0.2) is 12.7 Å². The van der Waals surface area contributed by atoms with Crippen LogP contribution in [0.2, 0.25) is 0 Å². The summed E-state index contributed by atoms with van der Waals surface area (Å²) >= 11 is 0. The van der Waals surface area contributed by atoms with Gasteiger partial charge in [0.2, 0.25) is 0 Å². The first-order valence-corrected chi connectivity index (χ1v) is 7.97. The Balaban J connectivity index is 1.79. The average Bonchev–Trinajstić information content (AvgIpc) is 3.30. The summed E-state index contributed by atoms with van der Waals surface area (Å²) in [5.74, 6) is -0.644. The lowest BCUT2D eigenvalue weighted by molar-refractivity contribution is -0.172. The predicted octanol–water partition coefficient (Wildman–Crippen LogP) is -3.11. The van der Waals surface area contributed by atoms with Gasteiger partial charge in [-0.25, -0.2) is 15.0 Å². The maximum atomic E-state index is 12.2. The third kappa shape index (κ3) is 2.42. The van der Waals surface area contributed by atoms with Gasteiger partial charge in [-0.05, 0) is 0 Å². The van der Waals surface area contributed by atoms with Gasteiger partial charge < -0.3 is 35.8 Å². The van der Waals surface area contributed by atoms with Crippen LogP contribution in [0.4, 0.5) is 5.82 Å². The van der Waals surface area contributed by atoms with Crippen LogP contribution in [0.3, 0.4) is 0 Å². The molecule has 0 bridgehead atoms. The Kier molecular flexibility index (Phi) is 4.00. The summed E-state index contributed by atoms with van der Waals surface area (Å²) in [6.07, 6.45) is -1.84. The molecule has 2 aliphatic heterocycles. The number of rotatable bonds is 6. The monoisotopic (exact) mass is 366 g/mol. The standard InChI is InChI=1S/C14H18N6O6/c15-13(24)14(10(23)9(22)7(2-21)26-14)20-5-19-8-11(16-1-6-3-25-6)17-4-18-12(8)20/h4-7,9-10,21-23H,1-3H2,(H2,15,24)(H,16,17,18)/t6?,7-,9-,10-,14+/m1/s1. The highest BCUT2D eigenvalue weighted by Crippen LogP contribution is 2.37. The van der Waals surface area contributed by atoms with Crippen molar-refractivity contribution >= 4 is 22.9 Å². The van der Waals surface area contributed by atoms with E-state index in [0.717, 1.165) is 4.57 Å². The number of hydrogen-bond acceptors (Lipinski definition) is 10. The van der Waals surface area contributed by atoms with E-state index in [9.17, 15) is 20.1 Å². The molecule has 2 aromatic heterocycles. The number of nitrogens with zero attached hydrogens (tertiary/aromatic N) is 4. The number of epoxide rings is 1. The van der Waals surface area contributed by atoms with E-state index in [1.54, 1.807) is 0 Å². The molecule has 140 valence electrons. The molecular formula is C14H18N6O6. The summed E-state index contributed by atoms with van der Waals surface area (Å²) in [5.41, 5.74) is 3.82. The third-order valence-electron chi connectivity index (χ3n) is 4.56. The molecule has 5 atom stereocenters. The first-order chi connectivity index (χ1) is 12.5. The summed E-state index contributed by atoms with van der Waals surface area (Å²) in [6.45, 7) is 0.592. The highest BCUT2D eigenvalue weighted by molar-refractivity contribution is 5.88. The number of aromatic nitrogens is 4. The lowest BCUT2D eigenvalue weighted by Crippen LogP contribution is -2.54. The van der Waals surface area contributed by atoms with Gasteiger partial charge in [-0.3, -0.25) is 9.36 Å². The number of nitrogens with two attached hydrogens (primary N) is 1. The number of carbonyl (C=O) groups is 1. The Labute approximate surface area is 146 Å². The molecule has 2 fully saturated rings. The largest absolute Gasteiger partial charge is 0.394 e. The smallest absolute Gasteiger partial charge is 0.274 e. The Morgan fingerprint density at radius 2 is 2.19 bits per heavy atom. The quantitative estimate of drug-likeness (QED) is 0.328. The van der Waals surface area contributed by atoms with Crippen molar-refractivity contribution < 1.29 is 29.6 Å². The number of fused-ring (bicyclic) bond motifs is 1. The second-order valence-corrected chi connectivity index (χ2v) is 6.18. The van der Waals surface area contributed by atoms with Gasteiger partial charge in [0.1, 0.15) is 31.0 Å². The Morgan fingerprint density at radius 1 is 1.42 bits per heavy atom. The predicted molar refractivity (Wildman–Crippen MR) is 84.7 cm³/mol. The molecule has 0 aliphatic carbocycles. The van der Waals surface area contributed by atoms with Gasteiger partial charge in [0.25, 0.3) is 11.6 Å². The number of anilines is 1. The molecule has 6 N–H and O–H groups in total. The number of nitrogens with one attached hydrogen (secondary N) is 1. The molecule has 0 saturated carbocycles. The normalized spacial score (nSPS) is 33.5. The number of carbonyl (C=O) groups excluding carboxylic acids is 1. The molecule has 2 aliphatic rings. The molecule has 4 rings (SSSR count). The summed E-state index contributed by atoms with van der Waals surface area (Å²) in [7, 11) is 0. The fourth-order valence-corrected chi connectivity index (χ4v) is 3.08. The van der Waals surface area contributed by atoms with Crippen LogP contribution >= 0.6 is 0 Å². The first kappa shape index (κ1) is 17.1. The third-order valence-corrected chi connectivity index (χ3v) is 4.56. The number of ether oxygens (including phenoxy) is 2. The van der Waals surface area contributed by atoms with E-state index >= 15 is 0 Å². The van der Waals surface area contributed by atoms with Crippen LogP contribution in [0.5, 0.6) is 0 Å². The van der Waals surface area contributed by atoms with Crippen molar-refractivity contribution in [3.8, 4) is 0 Å². The molecule has 2 saturated heterocycles. The molecule has 1 unspecified atom stereocenters. The molecule has 12 nitrogen and oxygen atoms in total. The highest BCUT2D eigenvalue weighted by Gasteiger charge is 2.60. The summed E-state index contributed by atoms with van der Waals surface area (Å²) in [6, 6.07) is 0. The molecule has 2 aromatic rings. The van der Waals surface area contributed by atoms with Crippen molar-refractivity contribution in [1.29, 1.82) is 0 Å². The minimum absolute atomic E-state index is 0.111. The zero-order chi connectivity index (χ0) is 18.5. The number of aliphatic hydroxyl groups is 3. The molecule has 26 heavy (non-hydrogen) atoms. The Hall–Kier alpha value is -2.38. The molecule has 12 heteroatoms. The fourth-order valence-electron chi connectivity index (χ4n) is 3.08. The number of primary amides is 1. The highest BCUT2D eigenvalue weighted by atomic mass is 16.6. The van der Waals surface area contributed by atoms with Crippen molar-refractivity contribution in [3.63, 3.8) is 0 Å². The van der Waals surface area contributed by atoms with Crippen LogP contribution in [-0.2, 0) is 20.0 Å². The van der Waals surface area contributed by atoms with Crippen LogP contribution in [0, 0.1) is 0 Å². The van der Waals surface area contributed by atoms with Crippen molar-refractivity contribution in [2.24, 2.45) is 5.73 Å². The number of aliphatic hydroxyl groups excluding tert-OH is 3. The fraction of sp³-hybridized carbons (Fsp3) is 0.571. The van der Waals surface area contributed by atoms with Gasteiger partial charge in [-0.2, -0.15) is 0 Å². The van der Waals surface area contributed by atoms with E-state index < -0.39 is 36.6 Å². The van der Waals surface area contributed by atoms with E-state index in [-0.39, 0.29) is 11.8 Å². The van der Waals surface area contributed by atoms with Crippen LogP contribution in [-0.4, -0.2) is 84.9 Å². The lowest BCUT2D eigenvalue weighted by Gasteiger charge is -2.30. The van der Waals surface area contributed by atoms with Crippen molar-refractivity contribution in [1.82, 2.24) is 19.5 Å². The molecule has 0 aromatic carbocycles. The van der Waals surface area contributed by atoms with Crippen molar-refractivity contribution in [2.45, 2.75) is 30.1 Å². The first-order valence-electron chi connectivity index (χ1n) is 7.97. The minimum atomic E-state index is -2.16. The maximum absolute atomic E-state index is 12.2. The minimum Gasteiger partial charge on any atom is -0.394 e. The number of imidazole rings is 1. The lowest BCUT2D eigenvalue weighted by atomic mass is 10.0. The summed E-state index contributed by atoms with van der Waals surface area (Å²) < 4.78 is 11.8. The van der Waals surface area contributed by atoms with E-state index in [4.69, 9.17) is 15.2 Å². The summed E-state index contributed by atoms with van der Waals surface area (Å²) in [5, 5.41) is 32.9.